The van der Waals surface area contributed by atoms with Crippen LogP contribution in [-0.2, 0) is 28.2 Å². The zero-order valence-corrected chi connectivity index (χ0v) is 28.0. The number of halogens is 2. The molecule has 40 heavy (non-hydrogen) atoms. The number of hydrogen-bond acceptors (Lipinski definition) is 6. The Kier molecular flexibility index (Phi) is 28.6. The maximum atomic E-state index is 12.3. The quantitative estimate of drug-likeness (QED) is 0.0447. The van der Waals surface area contributed by atoms with Crippen LogP contribution in [0.3, 0.4) is 0 Å². The molecule has 6 nitrogen and oxygen atoms in total. The first-order chi connectivity index (χ1) is 19.3. The molecule has 0 spiro atoms. The Labute approximate surface area is 255 Å². The van der Waals surface area contributed by atoms with Crippen molar-refractivity contribution in [2.45, 2.75) is 174 Å². The molecule has 0 aliphatic rings. The summed E-state index contributed by atoms with van der Waals surface area (Å²) >= 11 is 10.9. The second-order valence-corrected chi connectivity index (χ2v) is 15.4. The SMILES string of the molecule is CCCCCCCCCCCCCC(=O)OC[C@@H](COP(=O)(Cl)Cl)OC(=O)CCCCCCCCCCCCC. The largest absolute Gasteiger partial charge is 0.462 e. The van der Waals surface area contributed by atoms with Gasteiger partial charge in [0.1, 0.15) is 6.61 Å². The van der Waals surface area contributed by atoms with Crippen LogP contribution in [0.5, 0.6) is 0 Å². The van der Waals surface area contributed by atoms with Crippen LogP contribution in [-0.4, -0.2) is 31.3 Å². The molecule has 0 N–H and O–H groups in total. The summed E-state index contributed by atoms with van der Waals surface area (Å²) in [5, 5.41) is 0. The average Bonchev–Trinajstić information content (AvgIpc) is 2.91. The highest BCUT2D eigenvalue weighted by Crippen LogP contribution is 2.57. The lowest BCUT2D eigenvalue weighted by Crippen LogP contribution is -2.29. The standard InChI is InChI=1S/C31H59Cl2O6P/c1-3-5-7-9-11-13-15-17-19-21-23-25-30(34)37-27-29(28-38-40(32,33)36)39-31(35)26-24-22-20-18-16-14-12-10-8-6-4-2/h29H,3-28H2,1-2H3/t29-/m0/s1. The predicted molar refractivity (Wildman–Crippen MR) is 168 cm³/mol. The summed E-state index contributed by atoms with van der Waals surface area (Å²) in [6, 6.07) is 0. The summed E-state index contributed by atoms with van der Waals surface area (Å²) in [4.78, 5) is 24.5. The van der Waals surface area contributed by atoms with E-state index in [4.69, 9.17) is 36.5 Å². The van der Waals surface area contributed by atoms with E-state index < -0.39 is 18.1 Å². The molecule has 1 atom stereocenters. The van der Waals surface area contributed by atoms with Crippen LogP contribution in [0, 0.1) is 0 Å². The van der Waals surface area contributed by atoms with E-state index >= 15 is 0 Å². The van der Waals surface area contributed by atoms with Crippen molar-refractivity contribution in [3.8, 4) is 0 Å². The van der Waals surface area contributed by atoms with Crippen LogP contribution in [0.25, 0.3) is 0 Å². The van der Waals surface area contributed by atoms with Crippen LogP contribution < -0.4 is 0 Å². The van der Waals surface area contributed by atoms with Gasteiger partial charge in [0.2, 0.25) is 0 Å². The van der Waals surface area contributed by atoms with Crippen LogP contribution >= 0.6 is 28.6 Å². The molecule has 238 valence electrons. The summed E-state index contributed by atoms with van der Waals surface area (Å²) < 4.78 is 27.2. The molecule has 9 heteroatoms. The van der Waals surface area contributed by atoms with Crippen molar-refractivity contribution in [2.24, 2.45) is 0 Å². The van der Waals surface area contributed by atoms with Gasteiger partial charge in [-0.15, -0.1) is 0 Å². The molecule has 0 heterocycles. The summed E-state index contributed by atoms with van der Waals surface area (Å²) in [6.45, 7) is 4.01. The molecule has 0 fully saturated rings. The number of carbonyl (C=O) groups is 2. The third-order valence-corrected chi connectivity index (χ3v) is 8.14. The lowest BCUT2D eigenvalue weighted by atomic mass is 10.1. The second kappa shape index (κ2) is 28.8. The molecule has 0 aliphatic heterocycles. The van der Waals surface area contributed by atoms with Crippen molar-refractivity contribution in [1.29, 1.82) is 0 Å². The molecule has 0 unspecified atom stereocenters. The molecule has 0 radical (unpaired) electrons. The fourth-order valence-corrected chi connectivity index (χ4v) is 5.33. The zero-order chi connectivity index (χ0) is 29.7. The van der Waals surface area contributed by atoms with Gasteiger partial charge in [-0.2, -0.15) is 0 Å². The van der Waals surface area contributed by atoms with Crippen LogP contribution in [0.4, 0.5) is 0 Å². The fraction of sp³-hybridized carbons (Fsp3) is 0.935. The van der Waals surface area contributed by atoms with Gasteiger partial charge in [0, 0.05) is 12.8 Å². The van der Waals surface area contributed by atoms with Gasteiger partial charge in [-0.1, -0.05) is 142 Å². The average molecular weight is 630 g/mol. The van der Waals surface area contributed by atoms with Gasteiger partial charge in [-0.25, -0.2) is 0 Å². The van der Waals surface area contributed by atoms with E-state index in [1.165, 1.54) is 103 Å². The lowest BCUT2D eigenvalue weighted by Gasteiger charge is -2.18. The van der Waals surface area contributed by atoms with Crippen molar-refractivity contribution in [2.75, 3.05) is 13.2 Å². The van der Waals surface area contributed by atoms with E-state index in [0.29, 0.717) is 6.42 Å². The van der Waals surface area contributed by atoms with Crippen molar-refractivity contribution >= 4 is 40.5 Å². The molecule has 0 aliphatic carbocycles. The molecule has 0 aromatic heterocycles. The van der Waals surface area contributed by atoms with E-state index in [0.717, 1.165) is 38.5 Å². The first-order valence-electron chi connectivity index (χ1n) is 16.3. The second-order valence-electron chi connectivity index (χ2n) is 11.1. The van der Waals surface area contributed by atoms with Gasteiger partial charge in [0.15, 0.2) is 6.10 Å². The predicted octanol–water partition coefficient (Wildman–Crippen LogP) is 11.4. The highest BCUT2D eigenvalue weighted by atomic mass is 35.9. The zero-order valence-electron chi connectivity index (χ0n) is 25.6. The molecule has 0 bridgehead atoms. The Balaban J connectivity index is 4.01. The molecule has 0 saturated heterocycles. The van der Waals surface area contributed by atoms with Crippen LogP contribution in [0.2, 0.25) is 0 Å². The maximum absolute atomic E-state index is 12.3. The summed E-state index contributed by atoms with van der Waals surface area (Å²) in [5.41, 5.74) is 0. The molecule has 0 aromatic carbocycles. The van der Waals surface area contributed by atoms with Gasteiger partial charge >= 0.3 is 18.0 Å². The van der Waals surface area contributed by atoms with Crippen molar-refractivity contribution < 1.29 is 28.2 Å². The molecule has 0 aromatic rings. The number of carbonyl (C=O) groups excluding carboxylic acids is 2. The number of ether oxygens (including phenoxy) is 2. The Hall–Kier alpha value is -0.290. The number of rotatable bonds is 30. The minimum absolute atomic E-state index is 0.172. The van der Waals surface area contributed by atoms with E-state index in [2.05, 4.69) is 13.8 Å². The first-order valence-corrected chi connectivity index (χ1v) is 19.7. The Morgan fingerprint density at radius 3 is 1.27 bits per heavy atom. The number of unbranched alkanes of at least 4 members (excludes halogenated alkanes) is 20. The topological polar surface area (TPSA) is 78.9 Å². The summed E-state index contributed by atoms with van der Waals surface area (Å²) in [6.07, 6.45) is 22.3. The first kappa shape index (κ1) is 39.7. The van der Waals surface area contributed by atoms with E-state index in [1.54, 1.807) is 0 Å². The molecule has 0 saturated carbocycles. The van der Waals surface area contributed by atoms with Gasteiger partial charge in [0.05, 0.1) is 6.61 Å². The van der Waals surface area contributed by atoms with E-state index in [9.17, 15) is 14.2 Å². The maximum Gasteiger partial charge on any atom is 0.380 e. The lowest BCUT2D eigenvalue weighted by molar-refractivity contribution is -0.161. The van der Waals surface area contributed by atoms with Crippen molar-refractivity contribution in [3.05, 3.63) is 0 Å². The normalized spacial score (nSPS) is 12.4. The molecule has 0 amide bonds. The van der Waals surface area contributed by atoms with Gasteiger partial charge in [-0.05, 0) is 35.3 Å². The summed E-state index contributed by atoms with van der Waals surface area (Å²) in [7, 11) is 0. The van der Waals surface area contributed by atoms with Gasteiger partial charge in [-0.3, -0.25) is 14.2 Å². The highest BCUT2D eigenvalue weighted by Gasteiger charge is 2.22. The third-order valence-electron chi connectivity index (χ3n) is 7.11. The minimum Gasteiger partial charge on any atom is -0.462 e. The van der Waals surface area contributed by atoms with Crippen molar-refractivity contribution in [3.63, 3.8) is 0 Å². The van der Waals surface area contributed by atoms with E-state index in [-0.39, 0.29) is 25.6 Å². The molecular formula is C31H59Cl2O6P. The number of esters is 2. The minimum atomic E-state index is -3.79. The highest BCUT2D eigenvalue weighted by molar-refractivity contribution is 8.05. The van der Waals surface area contributed by atoms with Gasteiger partial charge < -0.3 is 14.0 Å². The van der Waals surface area contributed by atoms with Crippen molar-refractivity contribution in [1.82, 2.24) is 0 Å². The van der Waals surface area contributed by atoms with Crippen LogP contribution in [0.1, 0.15) is 168 Å². The Morgan fingerprint density at radius 2 is 0.900 bits per heavy atom. The van der Waals surface area contributed by atoms with Crippen LogP contribution in [0.15, 0.2) is 0 Å². The van der Waals surface area contributed by atoms with E-state index in [1.807, 2.05) is 0 Å². The Bertz CT molecular complexity index is 643. The smallest absolute Gasteiger partial charge is 0.380 e. The molecule has 0 rings (SSSR count). The number of hydrogen-bond donors (Lipinski definition) is 0. The van der Waals surface area contributed by atoms with Gasteiger partial charge in [0.25, 0.3) is 0 Å². The fourth-order valence-electron chi connectivity index (χ4n) is 4.66. The molecular weight excluding hydrogens is 570 g/mol. The Morgan fingerprint density at radius 1 is 0.550 bits per heavy atom. The summed E-state index contributed by atoms with van der Waals surface area (Å²) in [5.74, 6) is -0.743. The monoisotopic (exact) mass is 628 g/mol. The third kappa shape index (κ3) is 30.7.